The van der Waals surface area contributed by atoms with Gasteiger partial charge in [-0.2, -0.15) is 0 Å². The van der Waals surface area contributed by atoms with Gasteiger partial charge in [-0.3, -0.25) is 14.6 Å². The Hall–Kier alpha value is -2.71. The van der Waals surface area contributed by atoms with Crippen LogP contribution in [0.15, 0.2) is 22.3 Å². The molecule has 1 aromatic carbocycles. The van der Waals surface area contributed by atoms with Crippen molar-refractivity contribution in [1.82, 2.24) is 15.1 Å². The number of nitrogens with two attached hydrogens (primary N) is 1. The minimum Gasteiger partial charge on any atom is -0.507 e. The number of carbonyl (C=O) groups is 1. The summed E-state index contributed by atoms with van der Waals surface area (Å²) in [5.74, 6) is -0.469. The summed E-state index contributed by atoms with van der Waals surface area (Å²) in [6.45, 7) is 6.77. The number of benzene rings is 1. The molecule has 41 heavy (non-hydrogen) atoms. The van der Waals surface area contributed by atoms with E-state index in [9.17, 15) is 30.3 Å². The monoisotopic (exact) mass is 574 g/mol. The molecule has 8 N–H and O–H groups in total. The molecule has 0 spiro atoms. The SMILES string of the molecule is COc1c(C)c(O)c2c(c1O)[C@@H]1[C@@H]3CC4=C(C(O)C(C)=C(C)C4O)[C@H](CNC(=O)[C@H](C)N)N3[C@@H](O)[C@H]([C@H]2OC)N1C. The predicted molar refractivity (Wildman–Crippen MR) is 149 cm³/mol. The summed E-state index contributed by atoms with van der Waals surface area (Å²) in [5, 5.41) is 60.7. The number of nitrogens with one attached hydrogen (secondary N) is 1. The summed E-state index contributed by atoms with van der Waals surface area (Å²) in [7, 11) is 4.72. The first-order valence-electron chi connectivity index (χ1n) is 13.9. The van der Waals surface area contributed by atoms with Crippen molar-refractivity contribution in [2.45, 2.75) is 88.9 Å². The molecule has 0 radical (unpaired) electrons. The van der Waals surface area contributed by atoms with Crippen LogP contribution in [0.2, 0.25) is 0 Å². The van der Waals surface area contributed by atoms with Crippen molar-refractivity contribution in [1.29, 1.82) is 0 Å². The van der Waals surface area contributed by atoms with Gasteiger partial charge in [0.05, 0.1) is 43.5 Å². The van der Waals surface area contributed by atoms with E-state index in [1.54, 1.807) is 27.7 Å². The van der Waals surface area contributed by atoms with Crippen LogP contribution in [0.4, 0.5) is 0 Å². The van der Waals surface area contributed by atoms with Gasteiger partial charge in [0.2, 0.25) is 5.91 Å². The van der Waals surface area contributed by atoms with Gasteiger partial charge in [0.15, 0.2) is 11.5 Å². The lowest BCUT2D eigenvalue weighted by Gasteiger charge is -2.62. The highest BCUT2D eigenvalue weighted by atomic mass is 16.5. The van der Waals surface area contributed by atoms with E-state index in [1.807, 2.05) is 16.8 Å². The summed E-state index contributed by atoms with van der Waals surface area (Å²) >= 11 is 0. The third-order valence-corrected chi connectivity index (χ3v) is 9.80. The van der Waals surface area contributed by atoms with E-state index in [4.69, 9.17) is 15.2 Å². The third kappa shape index (κ3) is 4.11. The molecule has 1 aromatic rings. The lowest BCUT2D eigenvalue weighted by Crippen LogP contribution is -2.72. The Morgan fingerprint density at radius 3 is 2.29 bits per heavy atom. The van der Waals surface area contributed by atoms with E-state index in [0.29, 0.717) is 39.0 Å². The van der Waals surface area contributed by atoms with Crippen molar-refractivity contribution >= 4 is 5.91 Å². The van der Waals surface area contributed by atoms with Crippen LogP contribution in [-0.4, -0.2) is 112 Å². The smallest absolute Gasteiger partial charge is 0.236 e. The maximum absolute atomic E-state index is 12.6. The maximum atomic E-state index is 12.6. The lowest BCUT2D eigenvalue weighted by molar-refractivity contribution is -0.199. The Balaban J connectivity index is 1.74. The van der Waals surface area contributed by atoms with E-state index in [0.717, 1.165) is 0 Å². The van der Waals surface area contributed by atoms with Crippen LogP contribution in [0.25, 0.3) is 0 Å². The van der Waals surface area contributed by atoms with Crippen molar-refractivity contribution in [2.24, 2.45) is 5.73 Å². The summed E-state index contributed by atoms with van der Waals surface area (Å²) in [4.78, 5) is 16.4. The number of phenolic OH excluding ortho intramolecular Hbond substituents is 2. The van der Waals surface area contributed by atoms with Gasteiger partial charge in [0.1, 0.15) is 18.1 Å². The fourth-order valence-electron chi connectivity index (χ4n) is 7.58. The molecule has 4 aliphatic rings. The Morgan fingerprint density at radius 2 is 1.71 bits per heavy atom. The molecule has 12 nitrogen and oxygen atoms in total. The molecule has 1 saturated heterocycles. The van der Waals surface area contributed by atoms with Crippen molar-refractivity contribution in [3.05, 3.63) is 39.0 Å². The molecule has 226 valence electrons. The molecular weight excluding hydrogens is 532 g/mol. The van der Waals surface area contributed by atoms with Crippen LogP contribution >= 0.6 is 0 Å². The molecule has 1 amide bonds. The Bertz CT molecular complexity index is 1330. The van der Waals surface area contributed by atoms with Gasteiger partial charge in [-0.15, -0.1) is 0 Å². The number of aliphatic hydroxyl groups is 3. The van der Waals surface area contributed by atoms with Gasteiger partial charge in [0.25, 0.3) is 0 Å². The number of aliphatic hydroxyl groups excluding tert-OH is 3. The zero-order valence-corrected chi connectivity index (χ0v) is 24.5. The molecular formula is C29H42N4O8. The molecule has 1 fully saturated rings. The number of phenols is 2. The number of piperazine rings is 1. The highest BCUT2D eigenvalue weighted by Gasteiger charge is 2.60. The molecule has 2 bridgehead atoms. The molecule has 1 aliphatic carbocycles. The van der Waals surface area contributed by atoms with Crippen LogP contribution in [0.5, 0.6) is 17.2 Å². The average molecular weight is 575 g/mol. The Kier molecular flexibility index (Phi) is 7.65. The van der Waals surface area contributed by atoms with Gasteiger partial charge < -0.3 is 46.1 Å². The maximum Gasteiger partial charge on any atom is 0.236 e. The topological polar surface area (TPSA) is 181 Å². The Labute approximate surface area is 239 Å². The number of rotatable bonds is 5. The Morgan fingerprint density at radius 1 is 1.07 bits per heavy atom. The first-order chi connectivity index (χ1) is 19.3. The number of methoxy groups -OCH3 is 2. The normalized spacial score (nSPS) is 34.1. The molecule has 5 rings (SSSR count). The number of likely N-dealkylation sites (N-methyl/N-ethyl adjacent to an activating group) is 1. The summed E-state index contributed by atoms with van der Waals surface area (Å²) in [6, 6.07) is -3.29. The van der Waals surface area contributed by atoms with E-state index in [2.05, 4.69) is 5.32 Å². The zero-order chi connectivity index (χ0) is 30.2. The second-order valence-electron chi connectivity index (χ2n) is 11.8. The van der Waals surface area contributed by atoms with E-state index < -0.39 is 60.7 Å². The summed E-state index contributed by atoms with van der Waals surface area (Å²) in [6.07, 6.45) is -3.75. The van der Waals surface area contributed by atoms with Crippen molar-refractivity contribution in [3.63, 3.8) is 0 Å². The van der Waals surface area contributed by atoms with Gasteiger partial charge in [-0.1, -0.05) is 0 Å². The zero-order valence-electron chi connectivity index (χ0n) is 24.5. The van der Waals surface area contributed by atoms with E-state index in [-0.39, 0.29) is 30.2 Å². The summed E-state index contributed by atoms with van der Waals surface area (Å²) in [5.41, 5.74) is 9.37. The number of nitrogens with zero attached hydrogens (tertiary/aromatic N) is 2. The van der Waals surface area contributed by atoms with Gasteiger partial charge in [-0.05, 0) is 63.5 Å². The van der Waals surface area contributed by atoms with E-state index in [1.165, 1.54) is 14.2 Å². The largest absolute Gasteiger partial charge is 0.507 e. The number of hydrogen-bond acceptors (Lipinski definition) is 11. The number of aromatic hydroxyl groups is 2. The average Bonchev–Trinajstić information content (AvgIpc) is 2.94. The number of ether oxygens (including phenoxy) is 2. The highest BCUT2D eigenvalue weighted by molar-refractivity contribution is 5.81. The molecule has 0 saturated carbocycles. The fraction of sp³-hybridized carbons (Fsp3) is 0.621. The van der Waals surface area contributed by atoms with Gasteiger partial charge in [0, 0.05) is 36.4 Å². The van der Waals surface area contributed by atoms with Crippen LogP contribution in [0.1, 0.15) is 56.0 Å². The third-order valence-electron chi connectivity index (χ3n) is 9.80. The minimum atomic E-state index is -1.17. The second kappa shape index (κ2) is 10.5. The van der Waals surface area contributed by atoms with Crippen LogP contribution in [0, 0.1) is 6.92 Å². The van der Waals surface area contributed by atoms with Gasteiger partial charge in [-0.25, -0.2) is 0 Å². The van der Waals surface area contributed by atoms with Gasteiger partial charge >= 0.3 is 0 Å². The van der Waals surface area contributed by atoms with Crippen molar-refractivity contribution in [2.75, 3.05) is 27.8 Å². The number of carbonyl (C=O) groups excluding carboxylic acids is 1. The molecule has 9 atom stereocenters. The quantitative estimate of drug-likeness (QED) is 0.187. The fourth-order valence-corrected chi connectivity index (χ4v) is 7.58. The number of amides is 1. The molecule has 12 heteroatoms. The minimum absolute atomic E-state index is 0.0188. The number of hydrogen-bond donors (Lipinski definition) is 7. The molecule has 0 aromatic heterocycles. The molecule has 2 unspecified atom stereocenters. The van der Waals surface area contributed by atoms with Crippen LogP contribution in [0.3, 0.4) is 0 Å². The van der Waals surface area contributed by atoms with Crippen molar-refractivity contribution < 1.29 is 39.8 Å². The van der Waals surface area contributed by atoms with E-state index >= 15 is 0 Å². The lowest BCUT2D eigenvalue weighted by atomic mass is 9.68. The molecule has 3 heterocycles. The molecule has 3 aliphatic heterocycles. The number of fused-ring (bicyclic) bond motifs is 6. The van der Waals surface area contributed by atoms with Crippen LogP contribution < -0.4 is 15.8 Å². The van der Waals surface area contributed by atoms with Crippen molar-refractivity contribution in [3.8, 4) is 17.2 Å². The highest BCUT2D eigenvalue weighted by Crippen LogP contribution is 2.59. The second-order valence-corrected chi connectivity index (χ2v) is 11.8. The predicted octanol–water partition coefficient (Wildman–Crippen LogP) is 0.0641. The summed E-state index contributed by atoms with van der Waals surface area (Å²) < 4.78 is 11.4. The standard InChI is InChI=1S/C29H42N4O8/c1-10-11(2)23(35)17-14(22(10)34)8-15-20-18-19(24(36)12(3)26(40-6)25(18)37)27(41-7)21(32(20)5)29(39)33(15)16(17)9-31-28(38)13(4)30/h13,15-16,20-23,27,29,34-37,39H,8-9,30H2,1-7H3,(H,31,38)/t13-,15-,16-,20-,21-,22?,23?,27-,29-/m0/s1. The van der Waals surface area contributed by atoms with Crippen LogP contribution in [-0.2, 0) is 9.53 Å². The first kappa shape index (κ1) is 29.8. The first-order valence-corrected chi connectivity index (χ1v) is 13.9.